The first-order valence-electron chi connectivity index (χ1n) is 4.10. The Labute approximate surface area is 63.7 Å². The lowest BCUT2D eigenvalue weighted by Gasteiger charge is -2.04. The van der Waals surface area contributed by atoms with Gasteiger partial charge in [0.15, 0.2) is 0 Å². The van der Waals surface area contributed by atoms with Crippen LogP contribution in [0.2, 0.25) is 0 Å². The molecule has 1 unspecified atom stereocenters. The standard InChI is InChI=1S/C8H18NO/c1-3-4-5-6-7-10-8(2)9/h8-9H,3-7H2,1-2H3. The summed E-state index contributed by atoms with van der Waals surface area (Å²) in [6.07, 6.45) is 4.55. The van der Waals surface area contributed by atoms with Gasteiger partial charge in [-0.15, -0.1) is 0 Å². The number of hydrogen-bond acceptors (Lipinski definition) is 1. The van der Waals surface area contributed by atoms with Crippen molar-refractivity contribution in [3.8, 4) is 0 Å². The van der Waals surface area contributed by atoms with Gasteiger partial charge in [-0.05, 0) is 13.3 Å². The molecule has 0 aromatic heterocycles. The van der Waals surface area contributed by atoms with E-state index < -0.39 is 0 Å². The van der Waals surface area contributed by atoms with Crippen molar-refractivity contribution in [1.82, 2.24) is 5.73 Å². The van der Waals surface area contributed by atoms with E-state index in [1.807, 2.05) is 0 Å². The second kappa shape index (κ2) is 7.03. The van der Waals surface area contributed by atoms with Crippen LogP contribution in [0.5, 0.6) is 0 Å². The lowest BCUT2D eigenvalue weighted by atomic mass is 10.2. The highest BCUT2D eigenvalue weighted by atomic mass is 16.5. The number of unbranched alkanes of at least 4 members (excludes halogenated alkanes) is 3. The topological polar surface area (TPSA) is 33.0 Å². The van der Waals surface area contributed by atoms with Crippen LogP contribution in [0, 0.1) is 0 Å². The molecule has 0 heterocycles. The van der Waals surface area contributed by atoms with Crippen LogP contribution in [-0.4, -0.2) is 12.8 Å². The molecule has 0 aromatic rings. The van der Waals surface area contributed by atoms with Gasteiger partial charge in [0.1, 0.15) is 6.23 Å². The molecule has 0 saturated carbocycles. The summed E-state index contributed by atoms with van der Waals surface area (Å²) in [4.78, 5) is 0. The summed E-state index contributed by atoms with van der Waals surface area (Å²) < 4.78 is 5.06. The fourth-order valence-electron chi connectivity index (χ4n) is 0.789. The second-order valence-corrected chi connectivity index (χ2v) is 2.57. The lowest BCUT2D eigenvalue weighted by Crippen LogP contribution is -2.09. The molecule has 1 N–H and O–H groups in total. The van der Waals surface area contributed by atoms with E-state index in [0.29, 0.717) is 0 Å². The highest BCUT2D eigenvalue weighted by Crippen LogP contribution is 1.99. The fraction of sp³-hybridized carbons (Fsp3) is 1.00. The van der Waals surface area contributed by atoms with Crippen LogP contribution in [0.4, 0.5) is 0 Å². The molecule has 0 aliphatic carbocycles. The maximum absolute atomic E-state index is 7.04. The van der Waals surface area contributed by atoms with Crippen molar-refractivity contribution in [3.63, 3.8) is 0 Å². The zero-order valence-corrected chi connectivity index (χ0v) is 7.02. The Kier molecular flexibility index (Phi) is 6.98. The molecule has 0 bridgehead atoms. The average Bonchev–Trinajstić information content (AvgIpc) is 1.87. The van der Waals surface area contributed by atoms with Gasteiger partial charge in [-0.3, -0.25) is 0 Å². The van der Waals surface area contributed by atoms with Crippen molar-refractivity contribution in [1.29, 1.82) is 0 Å². The first-order chi connectivity index (χ1) is 4.77. The van der Waals surface area contributed by atoms with Crippen LogP contribution in [0.1, 0.15) is 39.5 Å². The van der Waals surface area contributed by atoms with Crippen molar-refractivity contribution >= 4 is 0 Å². The monoisotopic (exact) mass is 144 g/mol. The van der Waals surface area contributed by atoms with Crippen molar-refractivity contribution in [2.45, 2.75) is 45.8 Å². The van der Waals surface area contributed by atoms with Crippen molar-refractivity contribution in [2.75, 3.05) is 6.61 Å². The summed E-state index contributed by atoms with van der Waals surface area (Å²) in [6.45, 7) is 4.69. The normalized spacial score (nSPS) is 13.5. The SMILES string of the molecule is CCCCCCOC(C)[NH]. The smallest absolute Gasteiger partial charge is 0.117 e. The third-order valence-corrected chi connectivity index (χ3v) is 1.37. The van der Waals surface area contributed by atoms with Crippen LogP contribution in [0.3, 0.4) is 0 Å². The molecule has 0 rings (SSSR count). The predicted octanol–water partition coefficient (Wildman–Crippen LogP) is 2.21. The van der Waals surface area contributed by atoms with E-state index in [4.69, 9.17) is 10.5 Å². The van der Waals surface area contributed by atoms with Crippen LogP contribution in [0.15, 0.2) is 0 Å². The molecule has 0 aromatic carbocycles. The molecule has 0 saturated heterocycles. The van der Waals surface area contributed by atoms with Gasteiger partial charge in [0, 0.05) is 6.61 Å². The van der Waals surface area contributed by atoms with Gasteiger partial charge >= 0.3 is 0 Å². The third-order valence-electron chi connectivity index (χ3n) is 1.37. The van der Waals surface area contributed by atoms with Gasteiger partial charge in [-0.1, -0.05) is 26.2 Å². The molecule has 10 heavy (non-hydrogen) atoms. The molecule has 0 spiro atoms. The van der Waals surface area contributed by atoms with Gasteiger partial charge in [-0.2, -0.15) is 0 Å². The summed E-state index contributed by atoms with van der Waals surface area (Å²) >= 11 is 0. The first kappa shape index (κ1) is 9.92. The van der Waals surface area contributed by atoms with Crippen molar-refractivity contribution in [3.05, 3.63) is 0 Å². The molecular weight excluding hydrogens is 126 g/mol. The summed E-state index contributed by atoms with van der Waals surface area (Å²) in [5.41, 5.74) is 7.04. The summed E-state index contributed by atoms with van der Waals surface area (Å²) in [5, 5.41) is 0. The van der Waals surface area contributed by atoms with E-state index in [2.05, 4.69) is 6.92 Å². The van der Waals surface area contributed by atoms with Gasteiger partial charge in [0.25, 0.3) is 0 Å². The molecule has 1 radical (unpaired) electrons. The van der Waals surface area contributed by atoms with E-state index >= 15 is 0 Å². The lowest BCUT2D eigenvalue weighted by molar-refractivity contribution is 0.0626. The summed E-state index contributed by atoms with van der Waals surface area (Å²) in [5.74, 6) is 0. The maximum Gasteiger partial charge on any atom is 0.117 e. The van der Waals surface area contributed by atoms with Crippen LogP contribution >= 0.6 is 0 Å². The maximum atomic E-state index is 7.04. The predicted molar refractivity (Wildman–Crippen MR) is 42.7 cm³/mol. The Balaban J connectivity index is 2.77. The van der Waals surface area contributed by atoms with Gasteiger partial charge in [0.2, 0.25) is 0 Å². The average molecular weight is 144 g/mol. The minimum absolute atomic E-state index is 0.346. The Morgan fingerprint density at radius 3 is 2.50 bits per heavy atom. The zero-order valence-electron chi connectivity index (χ0n) is 7.02. The molecule has 0 amide bonds. The van der Waals surface area contributed by atoms with E-state index in [0.717, 1.165) is 13.0 Å². The molecule has 0 fully saturated rings. The number of ether oxygens (including phenoxy) is 1. The summed E-state index contributed by atoms with van der Waals surface area (Å²) in [7, 11) is 0. The van der Waals surface area contributed by atoms with Crippen LogP contribution < -0.4 is 5.73 Å². The van der Waals surface area contributed by atoms with Gasteiger partial charge in [0.05, 0.1) is 0 Å². The van der Waals surface area contributed by atoms with E-state index in [1.54, 1.807) is 6.92 Å². The number of rotatable bonds is 6. The van der Waals surface area contributed by atoms with E-state index in [1.165, 1.54) is 19.3 Å². The molecular formula is C8H18NO. The molecule has 2 nitrogen and oxygen atoms in total. The third kappa shape index (κ3) is 7.92. The Bertz CT molecular complexity index is 64.3. The molecule has 0 aliphatic heterocycles. The highest BCUT2D eigenvalue weighted by molar-refractivity contribution is 4.40. The Morgan fingerprint density at radius 1 is 1.30 bits per heavy atom. The van der Waals surface area contributed by atoms with Gasteiger partial charge in [-0.25, -0.2) is 5.73 Å². The largest absolute Gasteiger partial charge is 0.362 e. The minimum Gasteiger partial charge on any atom is -0.362 e. The molecule has 1 atom stereocenters. The van der Waals surface area contributed by atoms with Crippen molar-refractivity contribution < 1.29 is 4.74 Å². The number of hydrogen-bond donors (Lipinski definition) is 0. The van der Waals surface area contributed by atoms with Crippen LogP contribution in [0.25, 0.3) is 0 Å². The molecule has 0 aliphatic rings. The second-order valence-electron chi connectivity index (χ2n) is 2.57. The Morgan fingerprint density at radius 2 is 2.00 bits per heavy atom. The quantitative estimate of drug-likeness (QED) is 0.526. The van der Waals surface area contributed by atoms with Gasteiger partial charge < -0.3 is 4.74 Å². The van der Waals surface area contributed by atoms with E-state index in [9.17, 15) is 0 Å². The molecule has 2 heteroatoms. The minimum atomic E-state index is -0.346. The highest BCUT2D eigenvalue weighted by Gasteiger charge is 1.92. The first-order valence-corrected chi connectivity index (χ1v) is 4.10. The van der Waals surface area contributed by atoms with Crippen LogP contribution in [-0.2, 0) is 4.74 Å². The number of nitrogens with one attached hydrogen (secondary N) is 1. The van der Waals surface area contributed by atoms with E-state index in [-0.39, 0.29) is 6.23 Å². The molecule has 61 valence electrons. The fourth-order valence-corrected chi connectivity index (χ4v) is 0.789. The van der Waals surface area contributed by atoms with Crippen molar-refractivity contribution in [2.24, 2.45) is 0 Å². The zero-order chi connectivity index (χ0) is 7.82. The summed E-state index contributed by atoms with van der Waals surface area (Å²) in [6, 6.07) is 0. The Hall–Kier alpha value is -0.0800.